The van der Waals surface area contributed by atoms with E-state index in [0.717, 1.165) is 18.8 Å². The van der Waals surface area contributed by atoms with Gasteiger partial charge in [0.15, 0.2) is 0 Å². The summed E-state index contributed by atoms with van der Waals surface area (Å²) in [5.74, 6) is 0. The predicted molar refractivity (Wildman–Crippen MR) is 72.8 cm³/mol. The van der Waals surface area contributed by atoms with Gasteiger partial charge in [0.25, 0.3) is 0 Å². The molecule has 1 aromatic carbocycles. The molecule has 1 atom stereocenters. The van der Waals surface area contributed by atoms with Gasteiger partial charge in [-0.05, 0) is 38.1 Å². The Balaban J connectivity index is 1.77. The molecule has 0 bridgehead atoms. The third kappa shape index (κ3) is 3.45. The van der Waals surface area contributed by atoms with Crippen LogP contribution in [-0.4, -0.2) is 31.1 Å². The van der Waals surface area contributed by atoms with Gasteiger partial charge < -0.3 is 16.0 Å². The molecular weight excluding hydrogens is 210 g/mol. The van der Waals surface area contributed by atoms with Gasteiger partial charge in [-0.25, -0.2) is 0 Å². The average molecular weight is 233 g/mol. The fourth-order valence-electron chi connectivity index (χ4n) is 2.47. The molecular formula is C14H23N3. The average Bonchev–Trinajstić information content (AvgIpc) is 2.34. The van der Waals surface area contributed by atoms with E-state index < -0.39 is 0 Å². The summed E-state index contributed by atoms with van der Waals surface area (Å²) < 4.78 is 0. The zero-order valence-corrected chi connectivity index (χ0v) is 10.7. The van der Waals surface area contributed by atoms with Crippen molar-refractivity contribution in [3.05, 3.63) is 29.8 Å². The van der Waals surface area contributed by atoms with E-state index in [1.807, 2.05) is 18.2 Å². The first-order valence-corrected chi connectivity index (χ1v) is 6.51. The minimum atomic E-state index is 0.689. The minimum Gasteiger partial charge on any atom is -0.398 e. The number of hydrogen-bond acceptors (Lipinski definition) is 3. The van der Waals surface area contributed by atoms with Crippen LogP contribution >= 0.6 is 0 Å². The lowest BCUT2D eigenvalue weighted by atomic mass is 10.0. The third-order valence-electron chi connectivity index (χ3n) is 3.67. The van der Waals surface area contributed by atoms with Crippen LogP contribution in [0.15, 0.2) is 24.3 Å². The van der Waals surface area contributed by atoms with Crippen molar-refractivity contribution < 1.29 is 0 Å². The van der Waals surface area contributed by atoms with E-state index in [4.69, 9.17) is 5.73 Å². The Morgan fingerprint density at radius 3 is 2.94 bits per heavy atom. The Kier molecular flexibility index (Phi) is 4.40. The summed E-state index contributed by atoms with van der Waals surface area (Å²) in [6, 6.07) is 8.76. The summed E-state index contributed by atoms with van der Waals surface area (Å²) in [5.41, 5.74) is 8.00. The Bertz CT molecular complexity index is 351. The van der Waals surface area contributed by atoms with Gasteiger partial charge in [0.1, 0.15) is 0 Å². The molecule has 0 saturated carbocycles. The highest BCUT2D eigenvalue weighted by Gasteiger charge is 2.17. The number of nitrogen functional groups attached to an aromatic ring is 1. The van der Waals surface area contributed by atoms with Crippen LogP contribution in [-0.2, 0) is 6.54 Å². The fraction of sp³-hybridized carbons (Fsp3) is 0.571. The normalized spacial score (nSPS) is 21.6. The molecule has 0 radical (unpaired) electrons. The maximum absolute atomic E-state index is 5.92. The number of likely N-dealkylation sites (N-methyl/N-ethyl adjacent to an activating group) is 1. The van der Waals surface area contributed by atoms with E-state index in [9.17, 15) is 0 Å². The Hall–Kier alpha value is -1.06. The zero-order chi connectivity index (χ0) is 12.1. The number of benzene rings is 1. The predicted octanol–water partition coefficient (Wildman–Crippen LogP) is 1.84. The first kappa shape index (κ1) is 12.4. The standard InChI is InChI=1S/C14H23N3/c1-17-9-5-4-7-13(17)11-16-10-12-6-2-3-8-14(12)15/h2-3,6,8,13,16H,4-5,7,9-11,15H2,1H3. The molecule has 1 aromatic rings. The molecule has 94 valence electrons. The van der Waals surface area contributed by atoms with Crippen molar-refractivity contribution in [1.29, 1.82) is 0 Å². The second-order valence-electron chi connectivity index (χ2n) is 4.96. The van der Waals surface area contributed by atoms with E-state index in [1.54, 1.807) is 0 Å². The molecule has 0 spiro atoms. The van der Waals surface area contributed by atoms with Crippen LogP contribution in [0.25, 0.3) is 0 Å². The van der Waals surface area contributed by atoms with Crippen molar-refractivity contribution in [3.8, 4) is 0 Å². The van der Waals surface area contributed by atoms with Gasteiger partial charge in [0.05, 0.1) is 0 Å². The highest BCUT2D eigenvalue weighted by Crippen LogP contribution is 2.15. The van der Waals surface area contributed by atoms with Crippen LogP contribution in [0.1, 0.15) is 24.8 Å². The van der Waals surface area contributed by atoms with E-state index in [2.05, 4.69) is 23.3 Å². The zero-order valence-electron chi connectivity index (χ0n) is 10.7. The minimum absolute atomic E-state index is 0.689. The summed E-state index contributed by atoms with van der Waals surface area (Å²) in [6.45, 7) is 3.17. The fourth-order valence-corrected chi connectivity index (χ4v) is 2.47. The third-order valence-corrected chi connectivity index (χ3v) is 3.67. The number of rotatable bonds is 4. The van der Waals surface area contributed by atoms with Gasteiger partial charge in [0, 0.05) is 24.8 Å². The lowest BCUT2D eigenvalue weighted by Crippen LogP contribution is -2.42. The van der Waals surface area contributed by atoms with Crippen LogP contribution in [0, 0.1) is 0 Å². The number of hydrogen-bond donors (Lipinski definition) is 2. The van der Waals surface area contributed by atoms with Crippen molar-refractivity contribution in [1.82, 2.24) is 10.2 Å². The molecule has 3 heteroatoms. The topological polar surface area (TPSA) is 41.3 Å². The highest BCUT2D eigenvalue weighted by atomic mass is 15.2. The number of para-hydroxylation sites is 1. The lowest BCUT2D eigenvalue weighted by Gasteiger charge is -2.32. The van der Waals surface area contributed by atoms with Gasteiger partial charge in [-0.15, -0.1) is 0 Å². The first-order chi connectivity index (χ1) is 8.27. The van der Waals surface area contributed by atoms with E-state index in [1.165, 1.54) is 31.4 Å². The van der Waals surface area contributed by atoms with E-state index in [-0.39, 0.29) is 0 Å². The molecule has 1 aliphatic heterocycles. The van der Waals surface area contributed by atoms with Crippen molar-refractivity contribution >= 4 is 5.69 Å². The number of piperidine rings is 1. The molecule has 1 heterocycles. The van der Waals surface area contributed by atoms with E-state index >= 15 is 0 Å². The van der Waals surface area contributed by atoms with Gasteiger partial charge in [-0.1, -0.05) is 24.6 Å². The Morgan fingerprint density at radius 2 is 2.18 bits per heavy atom. The maximum atomic E-state index is 5.92. The molecule has 0 amide bonds. The van der Waals surface area contributed by atoms with Crippen molar-refractivity contribution in [3.63, 3.8) is 0 Å². The highest BCUT2D eigenvalue weighted by molar-refractivity contribution is 5.46. The molecule has 17 heavy (non-hydrogen) atoms. The summed E-state index contributed by atoms with van der Waals surface area (Å²) in [7, 11) is 2.22. The number of anilines is 1. The Morgan fingerprint density at radius 1 is 1.35 bits per heavy atom. The molecule has 0 aliphatic carbocycles. The maximum Gasteiger partial charge on any atom is 0.0359 e. The number of nitrogens with two attached hydrogens (primary N) is 1. The molecule has 3 N–H and O–H groups in total. The SMILES string of the molecule is CN1CCCCC1CNCc1ccccc1N. The van der Waals surface area contributed by atoms with Crippen LogP contribution in [0.2, 0.25) is 0 Å². The van der Waals surface area contributed by atoms with Gasteiger partial charge in [0.2, 0.25) is 0 Å². The molecule has 3 nitrogen and oxygen atoms in total. The Labute approximate surface area is 104 Å². The van der Waals surface area contributed by atoms with Crippen LogP contribution in [0.5, 0.6) is 0 Å². The molecule has 2 rings (SSSR count). The van der Waals surface area contributed by atoms with Crippen LogP contribution in [0.4, 0.5) is 5.69 Å². The van der Waals surface area contributed by atoms with E-state index in [0.29, 0.717) is 6.04 Å². The van der Waals surface area contributed by atoms with Gasteiger partial charge in [-0.3, -0.25) is 0 Å². The van der Waals surface area contributed by atoms with Gasteiger partial charge >= 0.3 is 0 Å². The van der Waals surface area contributed by atoms with Crippen molar-refractivity contribution in [2.24, 2.45) is 0 Å². The molecule has 0 aromatic heterocycles. The second kappa shape index (κ2) is 6.03. The quantitative estimate of drug-likeness (QED) is 0.780. The van der Waals surface area contributed by atoms with Crippen molar-refractivity contribution in [2.45, 2.75) is 31.8 Å². The summed E-state index contributed by atoms with van der Waals surface area (Å²) in [5, 5.41) is 3.52. The number of nitrogens with one attached hydrogen (secondary N) is 1. The molecule has 1 unspecified atom stereocenters. The van der Waals surface area contributed by atoms with Crippen LogP contribution in [0.3, 0.4) is 0 Å². The molecule has 1 saturated heterocycles. The second-order valence-corrected chi connectivity index (χ2v) is 4.96. The first-order valence-electron chi connectivity index (χ1n) is 6.51. The molecule has 1 aliphatic rings. The summed E-state index contributed by atoms with van der Waals surface area (Å²) in [6.07, 6.45) is 4.02. The number of likely N-dealkylation sites (tertiary alicyclic amines) is 1. The van der Waals surface area contributed by atoms with Crippen molar-refractivity contribution in [2.75, 3.05) is 25.9 Å². The monoisotopic (exact) mass is 233 g/mol. The largest absolute Gasteiger partial charge is 0.398 e. The van der Waals surface area contributed by atoms with Gasteiger partial charge in [-0.2, -0.15) is 0 Å². The summed E-state index contributed by atoms with van der Waals surface area (Å²) in [4.78, 5) is 2.46. The van der Waals surface area contributed by atoms with Crippen LogP contribution < -0.4 is 11.1 Å². The molecule has 1 fully saturated rings. The smallest absolute Gasteiger partial charge is 0.0359 e. The lowest BCUT2D eigenvalue weighted by molar-refractivity contribution is 0.181. The number of nitrogens with zero attached hydrogens (tertiary/aromatic N) is 1. The summed E-state index contributed by atoms with van der Waals surface area (Å²) >= 11 is 0.